The van der Waals surface area contributed by atoms with Crippen molar-refractivity contribution in [3.8, 4) is 11.6 Å². The summed E-state index contributed by atoms with van der Waals surface area (Å²) in [5, 5.41) is 4.17. The molecule has 1 aliphatic carbocycles. The molecule has 1 aliphatic rings. The van der Waals surface area contributed by atoms with Crippen molar-refractivity contribution in [3.05, 3.63) is 52.7 Å². The van der Waals surface area contributed by atoms with E-state index in [0.29, 0.717) is 16.9 Å². The molecule has 1 aromatic carbocycles. The first kappa shape index (κ1) is 13.4. The zero-order valence-electron chi connectivity index (χ0n) is 11.4. The van der Waals surface area contributed by atoms with E-state index < -0.39 is 0 Å². The van der Waals surface area contributed by atoms with E-state index in [9.17, 15) is 0 Å². The van der Waals surface area contributed by atoms with Gasteiger partial charge in [0.05, 0.1) is 0 Å². The zero-order chi connectivity index (χ0) is 13.9. The monoisotopic (exact) mass is 288 g/mol. The predicted octanol–water partition coefficient (Wildman–Crippen LogP) is 4.09. The molecule has 1 saturated carbocycles. The SMILES string of the molecule is Cc1cc(Cl)ccc1Oc1ccc(CNC2CC2)cn1. The van der Waals surface area contributed by atoms with Gasteiger partial charge in [-0.15, -0.1) is 0 Å². The zero-order valence-corrected chi connectivity index (χ0v) is 12.2. The van der Waals surface area contributed by atoms with E-state index in [2.05, 4.69) is 10.3 Å². The molecule has 0 saturated heterocycles. The Labute approximate surface area is 123 Å². The van der Waals surface area contributed by atoms with E-state index in [1.54, 1.807) is 0 Å². The number of aromatic nitrogens is 1. The lowest BCUT2D eigenvalue weighted by molar-refractivity contribution is 0.459. The van der Waals surface area contributed by atoms with Gasteiger partial charge in [-0.25, -0.2) is 4.98 Å². The van der Waals surface area contributed by atoms with Crippen LogP contribution in [0.15, 0.2) is 36.5 Å². The third kappa shape index (κ3) is 3.50. The Morgan fingerprint density at radius 2 is 2.15 bits per heavy atom. The topological polar surface area (TPSA) is 34.1 Å². The van der Waals surface area contributed by atoms with Gasteiger partial charge in [0.1, 0.15) is 5.75 Å². The summed E-state index contributed by atoms with van der Waals surface area (Å²) in [6.45, 7) is 2.84. The van der Waals surface area contributed by atoms with Crippen LogP contribution in [0.25, 0.3) is 0 Å². The molecule has 0 aliphatic heterocycles. The highest BCUT2D eigenvalue weighted by atomic mass is 35.5. The Morgan fingerprint density at radius 1 is 1.30 bits per heavy atom. The number of ether oxygens (including phenoxy) is 1. The number of hydrogen-bond donors (Lipinski definition) is 1. The first-order valence-electron chi connectivity index (χ1n) is 6.83. The minimum absolute atomic E-state index is 0.602. The molecule has 1 N–H and O–H groups in total. The number of hydrogen-bond acceptors (Lipinski definition) is 3. The van der Waals surface area contributed by atoms with Crippen molar-refractivity contribution in [2.75, 3.05) is 0 Å². The highest BCUT2D eigenvalue weighted by molar-refractivity contribution is 6.30. The lowest BCUT2D eigenvalue weighted by Gasteiger charge is -2.09. The molecule has 0 atom stereocenters. The highest BCUT2D eigenvalue weighted by Gasteiger charge is 2.19. The summed E-state index contributed by atoms with van der Waals surface area (Å²) < 4.78 is 5.77. The van der Waals surface area contributed by atoms with E-state index in [1.807, 2.05) is 43.5 Å². The lowest BCUT2D eigenvalue weighted by Crippen LogP contribution is -2.15. The van der Waals surface area contributed by atoms with Crippen LogP contribution >= 0.6 is 11.6 Å². The maximum absolute atomic E-state index is 5.93. The number of halogens is 1. The Balaban J connectivity index is 1.64. The Morgan fingerprint density at radius 3 is 2.80 bits per heavy atom. The van der Waals surface area contributed by atoms with Crippen molar-refractivity contribution in [1.82, 2.24) is 10.3 Å². The molecule has 20 heavy (non-hydrogen) atoms. The third-order valence-electron chi connectivity index (χ3n) is 3.32. The van der Waals surface area contributed by atoms with Gasteiger partial charge in [-0.2, -0.15) is 0 Å². The molecule has 1 heterocycles. The van der Waals surface area contributed by atoms with Crippen LogP contribution in [0.2, 0.25) is 5.02 Å². The third-order valence-corrected chi connectivity index (χ3v) is 3.56. The quantitative estimate of drug-likeness (QED) is 0.900. The Hall–Kier alpha value is -1.58. The van der Waals surface area contributed by atoms with Gasteiger partial charge in [0.25, 0.3) is 0 Å². The van der Waals surface area contributed by atoms with Crippen LogP contribution in [0.1, 0.15) is 24.0 Å². The molecule has 2 aromatic rings. The summed E-state index contributed by atoms with van der Waals surface area (Å²) in [7, 11) is 0. The molecule has 0 unspecified atom stereocenters. The predicted molar refractivity (Wildman–Crippen MR) is 80.4 cm³/mol. The smallest absolute Gasteiger partial charge is 0.219 e. The molecule has 1 aromatic heterocycles. The molecular weight excluding hydrogens is 272 g/mol. The average Bonchev–Trinajstić information content (AvgIpc) is 3.25. The number of rotatable bonds is 5. The van der Waals surface area contributed by atoms with Gasteiger partial charge in [-0.3, -0.25) is 0 Å². The van der Waals surface area contributed by atoms with Crippen LogP contribution in [-0.2, 0) is 6.54 Å². The summed E-state index contributed by atoms with van der Waals surface area (Å²) in [4.78, 5) is 4.34. The lowest BCUT2D eigenvalue weighted by atomic mass is 10.2. The molecule has 3 rings (SSSR count). The van der Waals surface area contributed by atoms with Crippen LogP contribution in [0.3, 0.4) is 0 Å². The second-order valence-corrected chi connectivity index (χ2v) is 5.61. The first-order chi connectivity index (χ1) is 9.70. The number of aryl methyl sites for hydroxylation is 1. The molecule has 0 bridgehead atoms. The van der Waals surface area contributed by atoms with Crippen molar-refractivity contribution in [2.45, 2.75) is 32.4 Å². The van der Waals surface area contributed by atoms with E-state index in [0.717, 1.165) is 17.9 Å². The van der Waals surface area contributed by atoms with Gasteiger partial charge in [-0.1, -0.05) is 17.7 Å². The summed E-state index contributed by atoms with van der Waals surface area (Å²) in [6.07, 6.45) is 4.45. The first-order valence-corrected chi connectivity index (χ1v) is 7.21. The fourth-order valence-electron chi connectivity index (χ4n) is 1.97. The fourth-order valence-corrected chi connectivity index (χ4v) is 2.19. The Bertz CT molecular complexity index is 594. The summed E-state index contributed by atoms with van der Waals surface area (Å²) in [5.74, 6) is 1.39. The van der Waals surface area contributed by atoms with E-state index in [-0.39, 0.29) is 0 Å². The minimum atomic E-state index is 0.602. The maximum Gasteiger partial charge on any atom is 0.219 e. The van der Waals surface area contributed by atoms with Crippen LogP contribution in [-0.4, -0.2) is 11.0 Å². The number of nitrogens with one attached hydrogen (secondary N) is 1. The largest absolute Gasteiger partial charge is 0.439 e. The van der Waals surface area contributed by atoms with Gasteiger partial charge < -0.3 is 10.1 Å². The number of nitrogens with zero attached hydrogens (tertiary/aromatic N) is 1. The number of pyridine rings is 1. The van der Waals surface area contributed by atoms with Crippen LogP contribution < -0.4 is 10.1 Å². The van der Waals surface area contributed by atoms with Crippen molar-refractivity contribution in [2.24, 2.45) is 0 Å². The molecule has 104 valence electrons. The fraction of sp³-hybridized carbons (Fsp3) is 0.312. The summed E-state index contributed by atoms with van der Waals surface area (Å²) >= 11 is 5.93. The van der Waals surface area contributed by atoms with Crippen molar-refractivity contribution in [3.63, 3.8) is 0 Å². The molecule has 4 heteroatoms. The summed E-state index contributed by atoms with van der Waals surface area (Å²) in [6, 6.07) is 10.2. The molecular formula is C16H17ClN2O. The average molecular weight is 289 g/mol. The maximum atomic E-state index is 5.93. The molecule has 3 nitrogen and oxygen atoms in total. The number of benzene rings is 1. The Kier molecular flexibility index (Phi) is 3.90. The van der Waals surface area contributed by atoms with Crippen molar-refractivity contribution < 1.29 is 4.74 Å². The van der Waals surface area contributed by atoms with E-state index >= 15 is 0 Å². The van der Waals surface area contributed by atoms with Crippen molar-refractivity contribution in [1.29, 1.82) is 0 Å². The van der Waals surface area contributed by atoms with Gasteiger partial charge in [0, 0.05) is 29.9 Å². The summed E-state index contributed by atoms with van der Waals surface area (Å²) in [5.41, 5.74) is 2.18. The minimum Gasteiger partial charge on any atom is -0.439 e. The normalized spacial score (nSPS) is 14.3. The molecule has 0 amide bonds. The van der Waals surface area contributed by atoms with E-state index in [1.165, 1.54) is 18.4 Å². The van der Waals surface area contributed by atoms with Gasteiger partial charge in [0.15, 0.2) is 0 Å². The van der Waals surface area contributed by atoms with Crippen LogP contribution in [0.4, 0.5) is 0 Å². The van der Waals surface area contributed by atoms with Gasteiger partial charge in [0.2, 0.25) is 5.88 Å². The second-order valence-electron chi connectivity index (χ2n) is 5.17. The molecule has 0 spiro atoms. The standard InChI is InChI=1S/C16H17ClN2O/c1-11-8-13(17)3-6-15(11)20-16-7-2-12(10-19-16)9-18-14-4-5-14/h2-3,6-8,10,14,18H,4-5,9H2,1H3. The van der Waals surface area contributed by atoms with Crippen LogP contribution in [0.5, 0.6) is 11.6 Å². The second kappa shape index (κ2) is 5.81. The van der Waals surface area contributed by atoms with Gasteiger partial charge in [-0.05, 0) is 49.1 Å². The molecule has 0 radical (unpaired) electrons. The van der Waals surface area contributed by atoms with Crippen LogP contribution in [0, 0.1) is 6.92 Å². The molecule has 1 fully saturated rings. The van der Waals surface area contributed by atoms with E-state index in [4.69, 9.17) is 16.3 Å². The van der Waals surface area contributed by atoms with Gasteiger partial charge >= 0.3 is 0 Å². The van der Waals surface area contributed by atoms with Crippen molar-refractivity contribution >= 4 is 11.6 Å². The highest BCUT2D eigenvalue weighted by Crippen LogP contribution is 2.26.